The number of hydrogen-bond acceptors (Lipinski definition) is 4. The fourth-order valence-corrected chi connectivity index (χ4v) is 2.65. The van der Waals surface area contributed by atoms with Crippen molar-refractivity contribution in [3.8, 4) is 0 Å². The molecule has 0 radical (unpaired) electrons. The van der Waals surface area contributed by atoms with E-state index in [0.717, 1.165) is 38.2 Å². The number of rotatable bonds is 8. The maximum absolute atomic E-state index is 12.1. The maximum Gasteiger partial charge on any atom is 0.251 e. The van der Waals surface area contributed by atoms with Crippen molar-refractivity contribution in [2.75, 3.05) is 44.9 Å². The van der Waals surface area contributed by atoms with Crippen LogP contribution in [0.15, 0.2) is 24.3 Å². The monoisotopic (exact) mass is 306 g/mol. The van der Waals surface area contributed by atoms with Crippen LogP contribution < -0.4 is 10.2 Å². The molecule has 2 rings (SSSR count). The molecule has 5 nitrogen and oxygen atoms in total. The van der Waals surface area contributed by atoms with Crippen LogP contribution in [0.1, 0.15) is 29.6 Å². The summed E-state index contributed by atoms with van der Waals surface area (Å²) in [5.74, 6) is 0.636. The predicted molar refractivity (Wildman–Crippen MR) is 87.3 cm³/mol. The van der Waals surface area contributed by atoms with Crippen molar-refractivity contribution in [1.29, 1.82) is 0 Å². The van der Waals surface area contributed by atoms with Crippen molar-refractivity contribution in [3.05, 3.63) is 29.8 Å². The van der Waals surface area contributed by atoms with Crippen molar-refractivity contribution in [1.82, 2.24) is 5.32 Å². The van der Waals surface area contributed by atoms with Crippen molar-refractivity contribution < 1.29 is 14.6 Å². The number of nitrogens with one attached hydrogen (secondary N) is 1. The van der Waals surface area contributed by atoms with Gasteiger partial charge >= 0.3 is 0 Å². The predicted octanol–water partition coefficient (Wildman–Crippen LogP) is 1.66. The van der Waals surface area contributed by atoms with E-state index in [-0.39, 0.29) is 12.5 Å². The number of carbonyl (C=O) groups is 1. The molecule has 1 saturated heterocycles. The lowest BCUT2D eigenvalue weighted by Crippen LogP contribution is -2.25. The Bertz CT molecular complexity index is 455. The highest BCUT2D eigenvalue weighted by atomic mass is 16.5. The molecule has 122 valence electrons. The normalized spacial score (nSPS) is 17.5. The largest absolute Gasteiger partial charge is 0.395 e. The van der Waals surface area contributed by atoms with Crippen LogP contribution in [-0.4, -0.2) is 51.0 Å². The number of ether oxygens (including phenoxy) is 1. The smallest absolute Gasteiger partial charge is 0.251 e. The summed E-state index contributed by atoms with van der Waals surface area (Å²) in [6.07, 6.45) is 3.26. The molecule has 0 unspecified atom stereocenters. The van der Waals surface area contributed by atoms with Crippen molar-refractivity contribution >= 4 is 11.6 Å². The van der Waals surface area contributed by atoms with Crippen LogP contribution in [-0.2, 0) is 4.74 Å². The first-order valence-corrected chi connectivity index (χ1v) is 7.98. The van der Waals surface area contributed by atoms with E-state index in [1.165, 1.54) is 0 Å². The summed E-state index contributed by atoms with van der Waals surface area (Å²) in [7, 11) is 1.91. The SMILES string of the molecule is CN(CCO)c1ccc(C(=O)NCCC[C@@H]2CCOC2)cc1. The van der Waals surface area contributed by atoms with Gasteiger partial charge in [0.15, 0.2) is 0 Å². The molecule has 0 aromatic heterocycles. The fourth-order valence-electron chi connectivity index (χ4n) is 2.65. The van der Waals surface area contributed by atoms with E-state index in [2.05, 4.69) is 5.32 Å². The first kappa shape index (κ1) is 16.8. The molecule has 5 heteroatoms. The molecule has 1 aliphatic heterocycles. The first-order chi connectivity index (χ1) is 10.7. The molecule has 1 heterocycles. The minimum Gasteiger partial charge on any atom is -0.395 e. The van der Waals surface area contributed by atoms with Gasteiger partial charge in [0.25, 0.3) is 5.91 Å². The molecule has 0 aliphatic carbocycles. The van der Waals surface area contributed by atoms with E-state index in [9.17, 15) is 4.79 Å². The zero-order valence-corrected chi connectivity index (χ0v) is 13.3. The molecule has 1 atom stereocenters. The third kappa shape index (κ3) is 5.00. The molecule has 1 aromatic carbocycles. The number of hydrogen-bond donors (Lipinski definition) is 2. The van der Waals surface area contributed by atoms with Crippen LogP contribution in [0.2, 0.25) is 0 Å². The molecule has 1 aliphatic rings. The third-order valence-electron chi connectivity index (χ3n) is 4.10. The summed E-state index contributed by atoms with van der Waals surface area (Å²) in [5, 5.41) is 11.9. The molecule has 0 bridgehead atoms. The van der Waals surface area contributed by atoms with E-state index >= 15 is 0 Å². The van der Waals surface area contributed by atoms with Gasteiger partial charge in [-0.05, 0) is 49.4 Å². The molecule has 0 spiro atoms. The van der Waals surface area contributed by atoms with Crippen molar-refractivity contribution in [3.63, 3.8) is 0 Å². The number of benzene rings is 1. The third-order valence-corrected chi connectivity index (χ3v) is 4.10. The minimum absolute atomic E-state index is 0.0287. The molecular formula is C17H26N2O3. The Morgan fingerprint density at radius 1 is 1.41 bits per heavy atom. The van der Waals surface area contributed by atoms with Gasteiger partial charge in [-0.3, -0.25) is 4.79 Å². The molecule has 22 heavy (non-hydrogen) atoms. The highest BCUT2D eigenvalue weighted by Gasteiger charge is 2.15. The summed E-state index contributed by atoms with van der Waals surface area (Å²) in [6.45, 7) is 3.16. The Morgan fingerprint density at radius 3 is 2.82 bits per heavy atom. The number of nitrogens with zero attached hydrogens (tertiary/aromatic N) is 1. The van der Waals surface area contributed by atoms with Crippen molar-refractivity contribution in [2.24, 2.45) is 5.92 Å². The van der Waals surface area contributed by atoms with Gasteiger partial charge < -0.3 is 20.1 Å². The second-order valence-electron chi connectivity index (χ2n) is 5.82. The van der Waals surface area contributed by atoms with Crippen LogP contribution in [0.5, 0.6) is 0 Å². The van der Waals surface area contributed by atoms with E-state index < -0.39 is 0 Å². The summed E-state index contributed by atoms with van der Waals surface area (Å²) in [4.78, 5) is 14.0. The van der Waals surface area contributed by atoms with E-state index in [0.29, 0.717) is 24.6 Å². The van der Waals surface area contributed by atoms with Crippen LogP contribution in [0.25, 0.3) is 0 Å². The van der Waals surface area contributed by atoms with Gasteiger partial charge in [-0.15, -0.1) is 0 Å². The van der Waals surface area contributed by atoms with Gasteiger partial charge in [0, 0.05) is 44.6 Å². The standard InChI is InChI=1S/C17H26N2O3/c1-19(10-11-20)16-6-4-15(5-7-16)17(21)18-9-2-3-14-8-12-22-13-14/h4-7,14,20H,2-3,8-13H2,1H3,(H,18,21)/t14-/m1/s1. The lowest BCUT2D eigenvalue weighted by molar-refractivity contribution is 0.0952. The minimum atomic E-state index is -0.0287. The summed E-state index contributed by atoms with van der Waals surface area (Å²) < 4.78 is 5.35. The van der Waals surface area contributed by atoms with E-state index in [4.69, 9.17) is 9.84 Å². The Kier molecular flexibility index (Phi) is 6.68. The summed E-state index contributed by atoms with van der Waals surface area (Å²) in [5.41, 5.74) is 1.66. The average Bonchev–Trinajstić information content (AvgIpc) is 3.05. The van der Waals surface area contributed by atoms with E-state index in [1.807, 2.05) is 36.2 Å². The van der Waals surface area contributed by atoms with Gasteiger partial charge in [-0.25, -0.2) is 0 Å². The molecular weight excluding hydrogens is 280 g/mol. The topological polar surface area (TPSA) is 61.8 Å². The zero-order valence-electron chi connectivity index (χ0n) is 13.3. The lowest BCUT2D eigenvalue weighted by Gasteiger charge is -2.18. The van der Waals surface area contributed by atoms with Gasteiger partial charge in [0.05, 0.1) is 6.61 Å². The van der Waals surface area contributed by atoms with Crippen LogP contribution in [0, 0.1) is 5.92 Å². The fraction of sp³-hybridized carbons (Fsp3) is 0.588. The summed E-state index contributed by atoms with van der Waals surface area (Å²) in [6, 6.07) is 7.45. The average molecular weight is 306 g/mol. The number of aliphatic hydroxyl groups is 1. The Labute approximate surface area is 132 Å². The second-order valence-corrected chi connectivity index (χ2v) is 5.82. The van der Waals surface area contributed by atoms with Gasteiger partial charge in [-0.1, -0.05) is 0 Å². The maximum atomic E-state index is 12.1. The first-order valence-electron chi connectivity index (χ1n) is 7.98. The van der Waals surface area contributed by atoms with Gasteiger partial charge in [0.1, 0.15) is 0 Å². The molecule has 1 amide bonds. The Hall–Kier alpha value is -1.59. The molecule has 1 fully saturated rings. The number of aliphatic hydroxyl groups excluding tert-OH is 1. The molecule has 1 aromatic rings. The van der Waals surface area contributed by atoms with E-state index in [1.54, 1.807) is 0 Å². The molecule has 2 N–H and O–H groups in total. The zero-order chi connectivity index (χ0) is 15.8. The van der Waals surface area contributed by atoms with Crippen LogP contribution >= 0.6 is 0 Å². The van der Waals surface area contributed by atoms with Crippen molar-refractivity contribution in [2.45, 2.75) is 19.3 Å². The van der Waals surface area contributed by atoms with Crippen LogP contribution in [0.4, 0.5) is 5.69 Å². The lowest BCUT2D eigenvalue weighted by atomic mass is 10.0. The highest BCUT2D eigenvalue weighted by Crippen LogP contribution is 2.17. The second kappa shape index (κ2) is 8.76. The number of amides is 1. The highest BCUT2D eigenvalue weighted by molar-refractivity contribution is 5.94. The number of anilines is 1. The Balaban J connectivity index is 1.72. The van der Waals surface area contributed by atoms with Gasteiger partial charge in [-0.2, -0.15) is 0 Å². The van der Waals surface area contributed by atoms with Crippen LogP contribution in [0.3, 0.4) is 0 Å². The number of carbonyl (C=O) groups excluding carboxylic acids is 1. The molecule has 0 saturated carbocycles. The Morgan fingerprint density at radius 2 is 2.18 bits per heavy atom. The van der Waals surface area contributed by atoms with Gasteiger partial charge in [0.2, 0.25) is 0 Å². The number of likely N-dealkylation sites (N-methyl/N-ethyl adjacent to an activating group) is 1. The summed E-state index contributed by atoms with van der Waals surface area (Å²) >= 11 is 0. The quantitative estimate of drug-likeness (QED) is 0.717.